The van der Waals surface area contributed by atoms with Crippen LogP contribution in [0.2, 0.25) is 0 Å². The smallest absolute Gasteiger partial charge is 0.258 e. The molecule has 2 aromatic carbocycles. The van der Waals surface area contributed by atoms with Crippen molar-refractivity contribution in [2.45, 2.75) is 0 Å². The molecule has 1 heterocycles. The van der Waals surface area contributed by atoms with Gasteiger partial charge in [0.25, 0.3) is 5.69 Å². The maximum atomic E-state index is 11.2. The zero-order valence-electron chi connectivity index (χ0n) is 9.37. The molecule has 1 aromatic heterocycles. The summed E-state index contributed by atoms with van der Waals surface area (Å²) >= 11 is 1.54. The van der Waals surface area contributed by atoms with Gasteiger partial charge in [-0.25, -0.2) is 0 Å². The number of rotatable bonds is 2. The van der Waals surface area contributed by atoms with E-state index in [1.165, 1.54) is 0 Å². The summed E-state index contributed by atoms with van der Waals surface area (Å²) in [5.41, 5.74) is 1.77. The number of thiophene rings is 1. The van der Waals surface area contributed by atoms with Crippen LogP contribution in [0.5, 0.6) is 0 Å². The van der Waals surface area contributed by atoms with Crippen molar-refractivity contribution in [1.29, 1.82) is 0 Å². The molecule has 0 N–H and O–H groups in total. The second-order valence-electron chi connectivity index (χ2n) is 3.95. The molecule has 4 heteroatoms. The van der Waals surface area contributed by atoms with Gasteiger partial charge >= 0.3 is 0 Å². The van der Waals surface area contributed by atoms with Crippen molar-refractivity contribution in [2.24, 2.45) is 0 Å². The average molecular weight is 255 g/mol. The summed E-state index contributed by atoms with van der Waals surface area (Å²) in [6.45, 7) is 0. The van der Waals surface area contributed by atoms with Gasteiger partial charge in [-0.15, -0.1) is 0 Å². The Morgan fingerprint density at radius 3 is 2.61 bits per heavy atom. The molecule has 0 unspecified atom stereocenters. The van der Waals surface area contributed by atoms with Gasteiger partial charge < -0.3 is 0 Å². The van der Waals surface area contributed by atoms with Crippen LogP contribution in [0.1, 0.15) is 0 Å². The highest BCUT2D eigenvalue weighted by Crippen LogP contribution is 2.37. The average Bonchev–Trinajstić information content (AvgIpc) is 2.90. The Morgan fingerprint density at radius 1 is 1.06 bits per heavy atom. The Kier molecular flexibility index (Phi) is 2.57. The van der Waals surface area contributed by atoms with E-state index in [-0.39, 0.29) is 10.6 Å². The predicted molar refractivity (Wildman–Crippen MR) is 73.9 cm³/mol. The Hall–Kier alpha value is -2.20. The molecule has 0 radical (unpaired) electrons. The van der Waals surface area contributed by atoms with Gasteiger partial charge in [-0.1, -0.05) is 24.3 Å². The quantitative estimate of drug-likeness (QED) is 0.500. The molecule has 0 aliphatic rings. The van der Waals surface area contributed by atoms with E-state index in [4.69, 9.17) is 0 Å². The maximum Gasteiger partial charge on any atom is 0.277 e. The second-order valence-corrected chi connectivity index (χ2v) is 4.73. The van der Waals surface area contributed by atoms with Crippen molar-refractivity contribution >= 4 is 27.8 Å². The molecule has 88 valence electrons. The van der Waals surface area contributed by atoms with Crippen molar-refractivity contribution in [3.63, 3.8) is 0 Å². The molecule has 3 aromatic rings. The highest BCUT2D eigenvalue weighted by molar-refractivity contribution is 7.08. The summed E-state index contributed by atoms with van der Waals surface area (Å²) in [5, 5.41) is 17.0. The minimum atomic E-state index is -0.320. The molecule has 0 aliphatic carbocycles. The molecule has 0 bridgehead atoms. The van der Waals surface area contributed by atoms with Gasteiger partial charge in [0.15, 0.2) is 0 Å². The number of hydrogen-bond donors (Lipinski definition) is 0. The van der Waals surface area contributed by atoms with Gasteiger partial charge in [0, 0.05) is 6.07 Å². The SMILES string of the molecule is O=[N+]([O-])c1ccc2ccccc2c1-c1ccsc1. The number of nitro benzene ring substituents is 1. The first kappa shape index (κ1) is 10.9. The first-order valence-corrected chi connectivity index (χ1v) is 6.40. The summed E-state index contributed by atoms with van der Waals surface area (Å²) in [4.78, 5) is 10.8. The molecule has 0 fully saturated rings. The molecule has 0 saturated carbocycles. The first-order valence-electron chi connectivity index (χ1n) is 5.46. The van der Waals surface area contributed by atoms with Gasteiger partial charge in [0.05, 0.1) is 10.5 Å². The summed E-state index contributed by atoms with van der Waals surface area (Å²) in [7, 11) is 0. The van der Waals surface area contributed by atoms with E-state index >= 15 is 0 Å². The topological polar surface area (TPSA) is 43.1 Å². The largest absolute Gasteiger partial charge is 0.277 e. The number of benzene rings is 2. The lowest BCUT2D eigenvalue weighted by Crippen LogP contribution is -1.92. The minimum absolute atomic E-state index is 0.159. The number of fused-ring (bicyclic) bond motifs is 1. The highest BCUT2D eigenvalue weighted by Gasteiger charge is 2.18. The van der Waals surface area contributed by atoms with Crippen molar-refractivity contribution in [3.05, 3.63) is 63.3 Å². The summed E-state index contributed by atoms with van der Waals surface area (Å²) in [6, 6.07) is 13.0. The zero-order valence-corrected chi connectivity index (χ0v) is 10.2. The molecular formula is C14H9NO2S. The van der Waals surface area contributed by atoms with Gasteiger partial charge in [-0.3, -0.25) is 10.1 Å². The maximum absolute atomic E-state index is 11.2. The lowest BCUT2D eigenvalue weighted by atomic mass is 9.98. The third kappa shape index (κ3) is 1.67. The Bertz CT molecular complexity index is 720. The fourth-order valence-corrected chi connectivity index (χ4v) is 2.77. The lowest BCUT2D eigenvalue weighted by molar-refractivity contribution is -0.384. The first-order chi connectivity index (χ1) is 8.77. The Morgan fingerprint density at radius 2 is 1.89 bits per heavy atom. The van der Waals surface area contributed by atoms with Gasteiger partial charge in [0.2, 0.25) is 0 Å². The third-order valence-electron chi connectivity index (χ3n) is 2.91. The molecule has 18 heavy (non-hydrogen) atoms. The molecule has 3 nitrogen and oxygen atoms in total. The van der Waals surface area contributed by atoms with E-state index < -0.39 is 0 Å². The number of nitro groups is 1. The van der Waals surface area contributed by atoms with Crippen LogP contribution in [0.3, 0.4) is 0 Å². The molecule has 0 atom stereocenters. The van der Waals surface area contributed by atoms with Crippen LogP contribution in [0.15, 0.2) is 53.2 Å². The normalized spacial score (nSPS) is 10.7. The van der Waals surface area contributed by atoms with E-state index in [2.05, 4.69) is 0 Å². The predicted octanol–water partition coefficient (Wildman–Crippen LogP) is 4.48. The van der Waals surface area contributed by atoms with Crippen LogP contribution in [-0.2, 0) is 0 Å². The molecule has 0 amide bonds. The van der Waals surface area contributed by atoms with Crippen LogP contribution in [0, 0.1) is 10.1 Å². The fourth-order valence-electron chi connectivity index (χ4n) is 2.12. The Labute approximate surface area is 107 Å². The molecule has 3 rings (SSSR count). The lowest BCUT2D eigenvalue weighted by Gasteiger charge is -2.06. The van der Waals surface area contributed by atoms with E-state index in [9.17, 15) is 10.1 Å². The van der Waals surface area contributed by atoms with Crippen LogP contribution >= 0.6 is 11.3 Å². The molecule has 0 saturated heterocycles. The highest BCUT2D eigenvalue weighted by atomic mass is 32.1. The van der Waals surface area contributed by atoms with E-state index in [0.29, 0.717) is 5.56 Å². The Balaban J connectivity index is 2.43. The van der Waals surface area contributed by atoms with Crippen molar-refractivity contribution in [2.75, 3.05) is 0 Å². The number of hydrogen-bond acceptors (Lipinski definition) is 3. The van der Waals surface area contributed by atoms with Crippen LogP contribution in [-0.4, -0.2) is 4.92 Å². The number of nitrogens with zero attached hydrogens (tertiary/aromatic N) is 1. The van der Waals surface area contributed by atoms with Gasteiger partial charge in [-0.05, 0) is 39.2 Å². The van der Waals surface area contributed by atoms with E-state index in [1.807, 2.05) is 41.1 Å². The standard InChI is InChI=1S/C14H9NO2S/c16-15(17)13-6-5-10-3-1-2-4-12(10)14(13)11-7-8-18-9-11/h1-9H. The second kappa shape index (κ2) is 4.23. The molecule has 0 aliphatic heterocycles. The summed E-state index contributed by atoms with van der Waals surface area (Å²) in [6.07, 6.45) is 0. The monoisotopic (exact) mass is 255 g/mol. The zero-order chi connectivity index (χ0) is 12.5. The van der Waals surface area contributed by atoms with E-state index in [0.717, 1.165) is 16.3 Å². The third-order valence-corrected chi connectivity index (χ3v) is 3.60. The van der Waals surface area contributed by atoms with Crippen LogP contribution < -0.4 is 0 Å². The molecule has 0 spiro atoms. The van der Waals surface area contributed by atoms with Gasteiger partial charge in [-0.2, -0.15) is 11.3 Å². The fraction of sp³-hybridized carbons (Fsp3) is 0. The minimum Gasteiger partial charge on any atom is -0.258 e. The van der Waals surface area contributed by atoms with Gasteiger partial charge in [0.1, 0.15) is 0 Å². The van der Waals surface area contributed by atoms with Crippen LogP contribution in [0.25, 0.3) is 21.9 Å². The van der Waals surface area contributed by atoms with E-state index in [1.54, 1.807) is 23.5 Å². The molecular weight excluding hydrogens is 246 g/mol. The van der Waals surface area contributed by atoms with Crippen LogP contribution in [0.4, 0.5) is 5.69 Å². The van der Waals surface area contributed by atoms with Crippen molar-refractivity contribution in [1.82, 2.24) is 0 Å². The van der Waals surface area contributed by atoms with Crippen molar-refractivity contribution < 1.29 is 4.92 Å². The summed E-state index contributed by atoms with van der Waals surface area (Å²) in [5.74, 6) is 0. The summed E-state index contributed by atoms with van der Waals surface area (Å²) < 4.78 is 0. The van der Waals surface area contributed by atoms with Crippen molar-refractivity contribution in [3.8, 4) is 11.1 Å².